The van der Waals surface area contributed by atoms with Crippen LogP contribution in [0.25, 0.3) is 0 Å². The van der Waals surface area contributed by atoms with Gasteiger partial charge in [0, 0.05) is 12.6 Å². The third-order valence-corrected chi connectivity index (χ3v) is 7.56. The highest BCUT2D eigenvalue weighted by atomic mass is 32.2. The van der Waals surface area contributed by atoms with E-state index in [1.54, 1.807) is 67.1 Å². The van der Waals surface area contributed by atoms with Crippen LogP contribution in [0.15, 0.2) is 58.6 Å². The third kappa shape index (κ3) is 5.85. The van der Waals surface area contributed by atoms with Crippen molar-refractivity contribution in [3.05, 3.63) is 54.4 Å². The molecule has 11 heteroatoms. The zero-order chi connectivity index (χ0) is 24.0. The van der Waals surface area contributed by atoms with Crippen molar-refractivity contribution in [2.45, 2.75) is 41.4 Å². The second-order valence-electron chi connectivity index (χ2n) is 7.03. The number of methoxy groups -OCH3 is 2. The van der Waals surface area contributed by atoms with Gasteiger partial charge in [-0.05, 0) is 38.1 Å². The van der Waals surface area contributed by atoms with E-state index in [0.29, 0.717) is 34.7 Å². The van der Waals surface area contributed by atoms with Gasteiger partial charge in [-0.2, -0.15) is 0 Å². The number of nitrogens with one attached hydrogen (secondary N) is 1. The van der Waals surface area contributed by atoms with Gasteiger partial charge < -0.3 is 19.4 Å². The molecule has 1 heterocycles. The van der Waals surface area contributed by atoms with E-state index >= 15 is 0 Å². The van der Waals surface area contributed by atoms with Gasteiger partial charge in [-0.1, -0.05) is 30.0 Å². The summed E-state index contributed by atoms with van der Waals surface area (Å²) >= 11 is 1.20. The average Bonchev–Trinajstić information content (AvgIpc) is 3.19. The maximum absolute atomic E-state index is 12.8. The standard InChI is InChI=1S/C22H26N4O5S2/c1-5-26-20(14-33(28,29)17-9-7-6-8-10-17)24-25-22(26)32-15(2)21(27)23-18-13-16(30-3)11-12-19(18)31-4/h6-13,15H,5,14H2,1-4H3,(H,23,27). The SMILES string of the molecule is CCn1c(CS(=O)(=O)c2ccccc2)nnc1SC(C)C(=O)Nc1cc(OC)ccc1OC. The molecule has 33 heavy (non-hydrogen) atoms. The monoisotopic (exact) mass is 490 g/mol. The first-order valence-electron chi connectivity index (χ1n) is 10.2. The minimum Gasteiger partial charge on any atom is -0.497 e. The smallest absolute Gasteiger partial charge is 0.237 e. The molecule has 0 saturated heterocycles. The molecule has 3 aromatic rings. The predicted molar refractivity (Wildman–Crippen MR) is 127 cm³/mol. The molecule has 176 valence electrons. The van der Waals surface area contributed by atoms with Crippen LogP contribution in [0.3, 0.4) is 0 Å². The number of carbonyl (C=O) groups excluding carboxylic acids is 1. The predicted octanol–water partition coefficient (Wildman–Crippen LogP) is 3.41. The number of ether oxygens (including phenoxy) is 2. The highest BCUT2D eigenvalue weighted by molar-refractivity contribution is 8.00. The van der Waals surface area contributed by atoms with Crippen LogP contribution in [-0.2, 0) is 26.9 Å². The lowest BCUT2D eigenvalue weighted by atomic mass is 10.2. The maximum atomic E-state index is 12.8. The third-order valence-electron chi connectivity index (χ3n) is 4.85. The Balaban J connectivity index is 1.75. The molecule has 0 aliphatic carbocycles. The molecule has 0 saturated carbocycles. The fourth-order valence-corrected chi connectivity index (χ4v) is 5.29. The van der Waals surface area contributed by atoms with Crippen LogP contribution in [0.2, 0.25) is 0 Å². The summed E-state index contributed by atoms with van der Waals surface area (Å²) in [5.41, 5.74) is 0.487. The van der Waals surface area contributed by atoms with Crippen LogP contribution < -0.4 is 14.8 Å². The molecule has 1 unspecified atom stereocenters. The molecule has 0 aliphatic rings. The molecular weight excluding hydrogens is 464 g/mol. The fraction of sp³-hybridized carbons (Fsp3) is 0.318. The Labute approximate surface area is 197 Å². The Morgan fingerprint density at radius 1 is 1.12 bits per heavy atom. The minimum atomic E-state index is -3.57. The first-order chi connectivity index (χ1) is 15.8. The number of sulfone groups is 1. The first-order valence-corrected chi connectivity index (χ1v) is 12.7. The van der Waals surface area contributed by atoms with Crippen LogP contribution in [0.5, 0.6) is 11.5 Å². The zero-order valence-corrected chi connectivity index (χ0v) is 20.4. The van der Waals surface area contributed by atoms with Gasteiger partial charge in [0.05, 0.1) is 30.1 Å². The summed E-state index contributed by atoms with van der Waals surface area (Å²) in [7, 11) is -0.511. The van der Waals surface area contributed by atoms with E-state index in [2.05, 4.69) is 15.5 Å². The van der Waals surface area contributed by atoms with Crippen LogP contribution in [0.4, 0.5) is 5.69 Å². The van der Waals surface area contributed by atoms with Crippen LogP contribution in [0.1, 0.15) is 19.7 Å². The molecular formula is C22H26N4O5S2. The molecule has 1 amide bonds. The van der Waals surface area contributed by atoms with Crippen molar-refractivity contribution in [1.29, 1.82) is 0 Å². The summed E-state index contributed by atoms with van der Waals surface area (Å²) < 4.78 is 37.7. The summed E-state index contributed by atoms with van der Waals surface area (Å²) in [6.45, 7) is 4.08. The summed E-state index contributed by atoms with van der Waals surface area (Å²) in [6.07, 6.45) is 0. The van der Waals surface area contributed by atoms with Crippen molar-refractivity contribution >= 4 is 33.2 Å². The number of hydrogen-bond acceptors (Lipinski definition) is 8. The Morgan fingerprint density at radius 3 is 2.48 bits per heavy atom. The number of rotatable bonds is 10. The van der Waals surface area contributed by atoms with Crippen molar-refractivity contribution in [3.63, 3.8) is 0 Å². The number of amides is 1. The highest BCUT2D eigenvalue weighted by Gasteiger charge is 2.24. The number of thioether (sulfide) groups is 1. The van der Waals surface area contributed by atoms with Gasteiger partial charge in [-0.3, -0.25) is 4.79 Å². The normalized spacial score (nSPS) is 12.2. The molecule has 1 N–H and O–H groups in total. The van der Waals surface area contributed by atoms with Crippen molar-refractivity contribution in [3.8, 4) is 11.5 Å². The number of anilines is 1. The van der Waals surface area contributed by atoms with Gasteiger partial charge in [0.25, 0.3) is 0 Å². The molecule has 1 atom stereocenters. The second kappa shape index (κ2) is 10.7. The molecule has 0 radical (unpaired) electrons. The van der Waals surface area contributed by atoms with Crippen molar-refractivity contribution in [1.82, 2.24) is 14.8 Å². The number of carbonyl (C=O) groups is 1. The quantitative estimate of drug-likeness (QED) is 0.430. The Hall–Kier alpha value is -3.05. The molecule has 0 fully saturated rings. The molecule has 3 rings (SSSR count). The lowest BCUT2D eigenvalue weighted by Gasteiger charge is -2.15. The largest absolute Gasteiger partial charge is 0.497 e. The van der Waals surface area contributed by atoms with Gasteiger partial charge in [-0.15, -0.1) is 10.2 Å². The number of aromatic nitrogens is 3. The van der Waals surface area contributed by atoms with Crippen molar-refractivity contribution < 1.29 is 22.7 Å². The summed E-state index contributed by atoms with van der Waals surface area (Å²) in [5, 5.41) is 11.0. The van der Waals surface area contributed by atoms with Crippen LogP contribution >= 0.6 is 11.8 Å². The number of benzene rings is 2. The Bertz CT molecular complexity index is 1210. The maximum Gasteiger partial charge on any atom is 0.237 e. The van der Waals surface area contributed by atoms with Gasteiger partial charge in [0.1, 0.15) is 23.1 Å². The van der Waals surface area contributed by atoms with Crippen molar-refractivity contribution in [2.24, 2.45) is 0 Å². The van der Waals surface area contributed by atoms with Crippen molar-refractivity contribution in [2.75, 3.05) is 19.5 Å². The topological polar surface area (TPSA) is 112 Å². The van der Waals surface area contributed by atoms with E-state index in [9.17, 15) is 13.2 Å². The van der Waals surface area contributed by atoms with E-state index in [4.69, 9.17) is 9.47 Å². The molecule has 0 aliphatic heterocycles. The number of nitrogens with zero attached hydrogens (tertiary/aromatic N) is 3. The number of hydrogen-bond donors (Lipinski definition) is 1. The summed E-state index contributed by atoms with van der Waals surface area (Å²) in [5.74, 6) is 0.870. The highest BCUT2D eigenvalue weighted by Crippen LogP contribution is 2.30. The molecule has 0 spiro atoms. The van der Waals surface area contributed by atoms with Gasteiger partial charge in [0.2, 0.25) is 5.91 Å². The van der Waals surface area contributed by atoms with Crippen LogP contribution in [-0.4, -0.2) is 48.6 Å². The summed E-state index contributed by atoms with van der Waals surface area (Å²) in [6, 6.07) is 13.3. The Morgan fingerprint density at radius 2 is 1.85 bits per heavy atom. The Kier molecular flexibility index (Phi) is 7.98. The zero-order valence-electron chi connectivity index (χ0n) is 18.8. The lowest BCUT2D eigenvalue weighted by molar-refractivity contribution is -0.115. The molecule has 0 bridgehead atoms. The minimum absolute atomic E-state index is 0.227. The van der Waals surface area contributed by atoms with E-state index < -0.39 is 15.1 Å². The van der Waals surface area contributed by atoms with Gasteiger partial charge in [0.15, 0.2) is 15.0 Å². The van der Waals surface area contributed by atoms with E-state index in [1.807, 2.05) is 6.92 Å². The second-order valence-corrected chi connectivity index (χ2v) is 10.3. The van der Waals surface area contributed by atoms with Gasteiger partial charge >= 0.3 is 0 Å². The first kappa shape index (κ1) is 24.6. The van der Waals surface area contributed by atoms with E-state index in [-0.39, 0.29) is 16.6 Å². The van der Waals surface area contributed by atoms with Gasteiger partial charge in [-0.25, -0.2) is 8.42 Å². The van der Waals surface area contributed by atoms with E-state index in [1.165, 1.54) is 18.9 Å². The fourth-order valence-electron chi connectivity index (χ4n) is 3.07. The average molecular weight is 491 g/mol. The summed E-state index contributed by atoms with van der Waals surface area (Å²) in [4.78, 5) is 13.0. The lowest BCUT2D eigenvalue weighted by Crippen LogP contribution is -2.23. The molecule has 2 aromatic carbocycles. The van der Waals surface area contributed by atoms with Crippen LogP contribution in [0, 0.1) is 0 Å². The molecule has 9 nitrogen and oxygen atoms in total. The molecule has 1 aromatic heterocycles. The van der Waals surface area contributed by atoms with E-state index in [0.717, 1.165) is 0 Å².